The number of carbonyl (C=O) groups excluding carboxylic acids is 3. The maximum absolute atomic E-state index is 13.4. The zero-order valence-electron chi connectivity index (χ0n) is 17.9. The topological polar surface area (TPSA) is 73.8 Å². The minimum atomic E-state index is -0.217. The Bertz CT molecular complexity index is 1160. The van der Waals surface area contributed by atoms with Crippen molar-refractivity contribution in [3.63, 3.8) is 0 Å². The number of aromatic nitrogens is 1. The minimum absolute atomic E-state index is 0.190. The van der Waals surface area contributed by atoms with E-state index in [2.05, 4.69) is 9.88 Å². The zero-order chi connectivity index (χ0) is 22.8. The first-order valence-electron chi connectivity index (χ1n) is 10.3. The lowest BCUT2D eigenvalue weighted by Gasteiger charge is -2.21. The molecule has 32 heavy (non-hydrogen) atoms. The number of anilines is 2. The van der Waals surface area contributed by atoms with E-state index < -0.39 is 0 Å². The molecule has 2 heterocycles. The van der Waals surface area contributed by atoms with Gasteiger partial charge in [-0.25, -0.2) is 4.98 Å². The summed E-state index contributed by atoms with van der Waals surface area (Å²) in [5.74, 6) is -0.624. The number of halogens is 1. The molecule has 7 nitrogen and oxygen atoms in total. The Hall–Kier alpha value is -2.81. The number of benzene rings is 2. The second kappa shape index (κ2) is 9.36. The molecule has 1 aliphatic heterocycles. The molecule has 3 aromatic rings. The highest BCUT2D eigenvalue weighted by Gasteiger charge is 2.30. The molecule has 0 atom stereocenters. The molecule has 1 aromatic heterocycles. The third-order valence-corrected chi connectivity index (χ3v) is 6.59. The number of thiazole rings is 1. The van der Waals surface area contributed by atoms with Gasteiger partial charge in [-0.3, -0.25) is 24.2 Å². The van der Waals surface area contributed by atoms with E-state index in [1.165, 1.54) is 16.2 Å². The molecule has 166 valence electrons. The highest BCUT2D eigenvalue weighted by Crippen LogP contribution is 2.33. The molecule has 0 aliphatic carbocycles. The molecular formula is C23H23ClN4O3S. The van der Waals surface area contributed by atoms with Gasteiger partial charge >= 0.3 is 0 Å². The van der Waals surface area contributed by atoms with Crippen LogP contribution in [0.15, 0.2) is 42.5 Å². The van der Waals surface area contributed by atoms with Crippen molar-refractivity contribution in [3.05, 3.63) is 53.1 Å². The lowest BCUT2D eigenvalue weighted by atomic mass is 10.1. The smallest absolute Gasteiger partial charge is 0.260 e. The van der Waals surface area contributed by atoms with Crippen LogP contribution < -0.4 is 9.80 Å². The van der Waals surface area contributed by atoms with E-state index in [4.69, 9.17) is 11.6 Å². The third-order valence-electron chi connectivity index (χ3n) is 5.25. The molecule has 0 saturated carbocycles. The van der Waals surface area contributed by atoms with Gasteiger partial charge in [-0.05, 0) is 63.5 Å². The van der Waals surface area contributed by atoms with E-state index >= 15 is 0 Å². The van der Waals surface area contributed by atoms with Crippen LogP contribution in [0.5, 0.6) is 0 Å². The number of rotatable bonds is 7. The monoisotopic (exact) mass is 470 g/mol. The van der Waals surface area contributed by atoms with Crippen LogP contribution in [-0.2, 0) is 9.59 Å². The summed E-state index contributed by atoms with van der Waals surface area (Å²) >= 11 is 7.72. The Labute approximate surface area is 195 Å². The first kappa shape index (κ1) is 22.4. The average molecular weight is 471 g/mol. The van der Waals surface area contributed by atoms with E-state index in [1.807, 2.05) is 26.2 Å². The highest BCUT2D eigenvalue weighted by molar-refractivity contribution is 7.22. The van der Waals surface area contributed by atoms with Crippen molar-refractivity contribution in [1.29, 1.82) is 0 Å². The molecule has 2 aromatic carbocycles. The van der Waals surface area contributed by atoms with E-state index in [0.29, 0.717) is 33.5 Å². The summed E-state index contributed by atoms with van der Waals surface area (Å²) in [4.78, 5) is 47.0. The van der Waals surface area contributed by atoms with Gasteiger partial charge in [-0.2, -0.15) is 0 Å². The lowest BCUT2D eigenvalue weighted by molar-refractivity contribution is -0.121. The van der Waals surface area contributed by atoms with Crippen LogP contribution in [0.1, 0.15) is 29.6 Å². The van der Waals surface area contributed by atoms with E-state index in [0.717, 1.165) is 17.7 Å². The summed E-state index contributed by atoms with van der Waals surface area (Å²) in [6.07, 6.45) is 1.22. The molecule has 0 unspecified atom stereocenters. The lowest BCUT2D eigenvalue weighted by Crippen LogP contribution is -2.33. The summed E-state index contributed by atoms with van der Waals surface area (Å²) < 4.78 is 0.916. The Morgan fingerprint density at radius 2 is 1.75 bits per heavy atom. The fraction of sp³-hybridized carbons (Fsp3) is 0.304. The van der Waals surface area contributed by atoms with Crippen LogP contribution in [0.2, 0.25) is 5.02 Å². The maximum Gasteiger partial charge on any atom is 0.260 e. The molecular weight excluding hydrogens is 448 g/mol. The normalized spacial score (nSPS) is 14.1. The molecule has 1 saturated heterocycles. The number of nitrogens with zero attached hydrogens (tertiary/aromatic N) is 4. The molecule has 0 bridgehead atoms. The fourth-order valence-corrected chi connectivity index (χ4v) is 4.91. The summed E-state index contributed by atoms with van der Waals surface area (Å²) in [7, 11) is 3.98. The van der Waals surface area contributed by atoms with Crippen molar-refractivity contribution in [2.24, 2.45) is 0 Å². The highest BCUT2D eigenvalue weighted by atomic mass is 35.5. The predicted molar refractivity (Wildman–Crippen MR) is 128 cm³/mol. The number of hydrogen-bond donors (Lipinski definition) is 0. The zero-order valence-corrected chi connectivity index (χ0v) is 19.4. The number of fused-ring (bicyclic) bond motifs is 1. The van der Waals surface area contributed by atoms with Gasteiger partial charge in [0, 0.05) is 24.9 Å². The third kappa shape index (κ3) is 4.53. The van der Waals surface area contributed by atoms with Crippen LogP contribution in [0.4, 0.5) is 10.8 Å². The number of carbonyl (C=O) groups is 3. The summed E-state index contributed by atoms with van der Waals surface area (Å²) in [5, 5.41) is 1.14. The Morgan fingerprint density at radius 1 is 1.06 bits per heavy atom. The van der Waals surface area contributed by atoms with Gasteiger partial charge in [0.1, 0.15) is 5.52 Å². The predicted octanol–water partition coefficient (Wildman–Crippen LogP) is 4.20. The fourth-order valence-electron chi connectivity index (χ4n) is 3.62. The van der Waals surface area contributed by atoms with Gasteiger partial charge < -0.3 is 4.90 Å². The van der Waals surface area contributed by atoms with Crippen LogP contribution in [0, 0.1) is 0 Å². The summed E-state index contributed by atoms with van der Waals surface area (Å²) in [6.45, 7) is 1.33. The molecule has 0 N–H and O–H groups in total. The number of hydrogen-bond acceptors (Lipinski definition) is 6. The molecule has 1 fully saturated rings. The van der Waals surface area contributed by atoms with E-state index in [1.54, 1.807) is 35.2 Å². The summed E-state index contributed by atoms with van der Waals surface area (Å²) in [6, 6.07) is 12.2. The molecule has 1 aliphatic rings. The standard InChI is InChI=1S/C23H23ClN4O3S/c1-26(2)13-4-14-27(23-25-21-17(24)5-3-6-18(21)32-23)22(31)15-7-9-16(10-8-15)28-19(29)11-12-20(28)30/h3,5-10H,4,11-14H2,1-2H3. The quantitative estimate of drug-likeness (QED) is 0.484. The van der Waals surface area contributed by atoms with Crippen molar-refractivity contribution >= 4 is 61.7 Å². The van der Waals surface area contributed by atoms with Crippen molar-refractivity contribution in [2.75, 3.05) is 37.0 Å². The molecule has 0 radical (unpaired) electrons. The summed E-state index contributed by atoms with van der Waals surface area (Å²) in [5.41, 5.74) is 1.63. The van der Waals surface area contributed by atoms with E-state index in [9.17, 15) is 14.4 Å². The van der Waals surface area contributed by atoms with Crippen LogP contribution >= 0.6 is 22.9 Å². The van der Waals surface area contributed by atoms with Gasteiger partial charge in [-0.15, -0.1) is 0 Å². The number of imide groups is 1. The van der Waals surface area contributed by atoms with E-state index in [-0.39, 0.29) is 30.6 Å². The number of amides is 3. The SMILES string of the molecule is CN(C)CCCN(C(=O)c1ccc(N2C(=O)CCC2=O)cc1)c1nc2c(Cl)cccc2s1. The minimum Gasteiger partial charge on any atom is -0.309 e. The van der Waals surface area contributed by atoms with Crippen LogP contribution in [0.3, 0.4) is 0 Å². The van der Waals surface area contributed by atoms with Gasteiger partial charge in [0.15, 0.2) is 5.13 Å². The maximum atomic E-state index is 13.4. The van der Waals surface area contributed by atoms with Crippen molar-refractivity contribution in [2.45, 2.75) is 19.3 Å². The molecule has 4 rings (SSSR count). The van der Waals surface area contributed by atoms with Gasteiger partial charge in [-0.1, -0.05) is 29.0 Å². The van der Waals surface area contributed by atoms with Gasteiger partial charge in [0.25, 0.3) is 5.91 Å². The Morgan fingerprint density at radius 3 is 2.38 bits per heavy atom. The molecule has 0 spiro atoms. The van der Waals surface area contributed by atoms with Crippen molar-refractivity contribution < 1.29 is 14.4 Å². The van der Waals surface area contributed by atoms with Gasteiger partial charge in [0.2, 0.25) is 11.8 Å². The average Bonchev–Trinajstić information content (AvgIpc) is 3.34. The van der Waals surface area contributed by atoms with Gasteiger partial charge in [0.05, 0.1) is 15.4 Å². The first-order chi connectivity index (χ1) is 15.3. The van der Waals surface area contributed by atoms with Crippen LogP contribution in [-0.4, -0.2) is 54.8 Å². The second-order valence-corrected chi connectivity index (χ2v) is 9.28. The molecule has 9 heteroatoms. The molecule has 3 amide bonds. The Balaban J connectivity index is 1.62. The Kier molecular flexibility index (Phi) is 6.55. The van der Waals surface area contributed by atoms with Crippen LogP contribution in [0.25, 0.3) is 10.2 Å². The largest absolute Gasteiger partial charge is 0.309 e. The second-order valence-electron chi connectivity index (χ2n) is 7.87. The van der Waals surface area contributed by atoms with Crippen molar-refractivity contribution in [1.82, 2.24) is 9.88 Å². The number of para-hydroxylation sites is 1. The first-order valence-corrected chi connectivity index (χ1v) is 11.5. The van der Waals surface area contributed by atoms with Crippen molar-refractivity contribution in [3.8, 4) is 0 Å².